The lowest BCUT2D eigenvalue weighted by atomic mass is 10.2. The molecule has 10 heteroatoms. The number of aliphatic carboxylic acids is 1. The predicted octanol–water partition coefficient (Wildman–Crippen LogP) is 3.08. The van der Waals surface area contributed by atoms with E-state index < -0.39 is 11.9 Å². The van der Waals surface area contributed by atoms with Crippen LogP contribution in [0.2, 0.25) is 10.0 Å². The van der Waals surface area contributed by atoms with Crippen molar-refractivity contribution in [1.82, 2.24) is 19.6 Å². The van der Waals surface area contributed by atoms with Crippen molar-refractivity contribution < 1.29 is 14.7 Å². The van der Waals surface area contributed by atoms with Gasteiger partial charge in [0.2, 0.25) is 0 Å². The monoisotopic (exact) mass is 407 g/mol. The number of nitrogens with one attached hydrogen (secondary N) is 1. The summed E-state index contributed by atoms with van der Waals surface area (Å²) in [6.07, 6.45) is 2.66. The van der Waals surface area contributed by atoms with Gasteiger partial charge in [0.1, 0.15) is 6.54 Å². The molecule has 0 saturated heterocycles. The van der Waals surface area contributed by atoms with Crippen LogP contribution in [0.5, 0.6) is 0 Å². The van der Waals surface area contributed by atoms with Crippen molar-refractivity contribution in [2.45, 2.75) is 20.0 Å². The van der Waals surface area contributed by atoms with Crippen molar-refractivity contribution in [2.75, 3.05) is 5.32 Å². The highest BCUT2D eigenvalue weighted by molar-refractivity contribution is 6.35. The Hall–Kier alpha value is -2.84. The Morgan fingerprint density at radius 2 is 2.04 bits per heavy atom. The van der Waals surface area contributed by atoms with E-state index in [4.69, 9.17) is 28.3 Å². The highest BCUT2D eigenvalue weighted by Gasteiger charge is 2.13. The van der Waals surface area contributed by atoms with Gasteiger partial charge in [0.05, 0.1) is 18.3 Å². The van der Waals surface area contributed by atoms with Gasteiger partial charge >= 0.3 is 5.97 Å². The minimum absolute atomic E-state index is 0.240. The van der Waals surface area contributed by atoms with E-state index in [2.05, 4.69) is 15.5 Å². The van der Waals surface area contributed by atoms with Gasteiger partial charge in [0.15, 0.2) is 5.82 Å². The molecule has 0 spiro atoms. The lowest BCUT2D eigenvalue weighted by Crippen LogP contribution is -2.13. The second-order valence-corrected chi connectivity index (χ2v) is 6.68. The lowest BCUT2D eigenvalue weighted by Gasteiger charge is -2.07. The minimum Gasteiger partial charge on any atom is -0.480 e. The first-order valence-electron chi connectivity index (χ1n) is 7.86. The zero-order chi connectivity index (χ0) is 19.6. The summed E-state index contributed by atoms with van der Waals surface area (Å²) in [5.74, 6) is -1.10. The normalized spacial score (nSPS) is 10.8. The van der Waals surface area contributed by atoms with Gasteiger partial charge in [-0.05, 0) is 24.6 Å². The first-order chi connectivity index (χ1) is 12.8. The smallest absolute Gasteiger partial charge is 0.325 e. The van der Waals surface area contributed by atoms with Gasteiger partial charge in [-0.1, -0.05) is 29.3 Å². The van der Waals surface area contributed by atoms with E-state index in [0.29, 0.717) is 22.4 Å². The fourth-order valence-corrected chi connectivity index (χ4v) is 2.91. The fourth-order valence-electron chi connectivity index (χ4n) is 2.44. The Morgan fingerprint density at radius 1 is 1.26 bits per heavy atom. The molecule has 0 fully saturated rings. The summed E-state index contributed by atoms with van der Waals surface area (Å²) in [6.45, 7) is 1.97. The summed E-state index contributed by atoms with van der Waals surface area (Å²) < 4.78 is 2.88. The minimum atomic E-state index is -1.04. The molecule has 0 atom stereocenters. The van der Waals surface area contributed by atoms with Crippen LogP contribution in [0.1, 0.15) is 21.6 Å². The highest BCUT2D eigenvalue weighted by atomic mass is 35.5. The molecule has 3 rings (SSSR count). The lowest BCUT2D eigenvalue weighted by molar-refractivity contribution is -0.137. The maximum absolute atomic E-state index is 12.3. The predicted molar refractivity (Wildman–Crippen MR) is 100 cm³/mol. The third-order valence-corrected chi connectivity index (χ3v) is 4.34. The van der Waals surface area contributed by atoms with Crippen LogP contribution in [0.3, 0.4) is 0 Å². The second kappa shape index (κ2) is 7.81. The van der Waals surface area contributed by atoms with Crippen LogP contribution in [0.25, 0.3) is 0 Å². The number of anilines is 1. The molecule has 3 aromatic rings. The summed E-state index contributed by atoms with van der Waals surface area (Å²) in [7, 11) is 0. The molecule has 0 bridgehead atoms. The van der Waals surface area contributed by atoms with Gasteiger partial charge in [0, 0.05) is 28.0 Å². The quantitative estimate of drug-likeness (QED) is 0.653. The zero-order valence-electron chi connectivity index (χ0n) is 14.2. The standard InChI is InChI=1S/C17H15Cl2N5O3/c1-10-4-15(21-17(27)12-6-20-23(7-12)9-16(25)26)22-24(10)8-11-2-3-13(18)5-14(11)19/h2-7H,8-9H2,1H3,(H,25,26)(H,21,22,27). The second-order valence-electron chi connectivity index (χ2n) is 5.84. The van der Waals surface area contributed by atoms with Crippen LogP contribution >= 0.6 is 23.2 Å². The van der Waals surface area contributed by atoms with Crippen LogP contribution in [-0.2, 0) is 17.9 Å². The van der Waals surface area contributed by atoms with Gasteiger partial charge < -0.3 is 10.4 Å². The zero-order valence-corrected chi connectivity index (χ0v) is 15.7. The Kier molecular flexibility index (Phi) is 5.48. The van der Waals surface area contributed by atoms with Crippen molar-refractivity contribution in [2.24, 2.45) is 0 Å². The molecule has 2 aromatic heterocycles. The van der Waals surface area contributed by atoms with Gasteiger partial charge in [-0.3, -0.25) is 19.0 Å². The maximum Gasteiger partial charge on any atom is 0.325 e. The molecule has 2 heterocycles. The van der Waals surface area contributed by atoms with Crippen LogP contribution in [-0.4, -0.2) is 36.5 Å². The number of aryl methyl sites for hydroxylation is 1. The Balaban J connectivity index is 1.71. The average molecular weight is 408 g/mol. The number of carbonyl (C=O) groups is 2. The number of carbonyl (C=O) groups excluding carboxylic acids is 1. The largest absolute Gasteiger partial charge is 0.480 e. The van der Waals surface area contributed by atoms with Gasteiger partial charge in [-0.15, -0.1) is 0 Å². The summed E-state index contributed by atoms with van der Waals surface area (Å²) in [5, 5.41) is 20.7. The van der Waals surface area contributed by atoms with E-state index in [1.54, 1.807) is 22.9 Å². The summed E-state index contributed by atoms with van der Waals surface area (Å²) in [6, 6.07) is 6.96. The summed E-state index contributed by atoms with van der Waals surface area (Å²) in [5.41, 5.74) is 1.92. The van der Waals surface area contributed by atoms with Crippen LogP contribution < -0.4 is 5.32 Å². The van der Waals surface area contributed by atoms with Crippen LogP contribution in [0.4, 0.5) is 5.82 Å². The number of carboxylic acid groups (broad SMARTS) is 1. The van der Waals surface area contributed by atoms with Gasteiger partial charge in [-0.25, -0.2) is 0 Å². The molecule has 2 N–H and O–H groups in total. The first kappa shape index (κ1) is 18.9. The topological polar surface area (TPSA) is 102 Å². The van der Waals surface area contributed by atoms with E-state index in [0.717, 1.165) is 11.3 Å². The van der Waals surface area contributed by atoms with E-state index in [1.165, 1.54) is 17.1 Å². The highest BCUT2D eigenvalue weighted by Crippen LogP contribution is 2.22. The SMILES string of the molecule is Cc1cc(NC(=O)c2cnn(CC(=O)O)c2)nn1Cc1ccc(Cl)cc1Cl. The fraction of sp³-hybridized carbons (Fsp3) is 0.176. The van der Waals surface area contributed by atoms with Crippen LogP contribution in [0.15, 0.2) is 36.7 Å². The molecular weight excluding hydrogens is 393 g/mol. The molecule has 27 heavy (non-hydrogen) atoms. The number of amides is 1. The van der Waals surface area contributed by atoms with Crippen molar-refractivity contribution in [1.29, 1.82) is 0 Å². The van der Waals surface area contributed by atoms with Crippen molar-refractivity contribution >= 4 is 40.9 Å². The number of hydrogen-bond acceptors (Lipinski definition) is 4. The number of aromatic nitrogens is 4. The van der Waals surface area contributed by atoms with Crippen LogP contribution in [0, 0.1) is 6.92 Å². The van der Waals surface area contributed by atoms with Crippen molar-refractivity contribution in [3.05, 3.63) is 63.5 Å². The van der Waals surface area contributed by atoms with E-state index in [1.807, 2.05) is 13.0 Å². The number of rotatable bonds is 6. The number of halogens is 2. The Bertz CT molecular complexity index is 1010. The van der Waals surface area contributed by atoms with E-state index in [9.17, 15) is 9.59 Å². The third kappa shape index (κ3) is 4.66. The molecule has 1 amide bonds. The van der Waals surface area contributed by atoms with E-state index >= 15 is 0 Å². The molecule has 0 aliphatic carbocycles. The van der Waals surface area contributed by atoms with Gasteiger partial charge in [-0.2, -0.15) is 10.2 Å². The number of hydrogen-bond donors (Lipinski definition) is 2. The molecule has 140 valence electrons. The molecule has 0 aliphatic rings. The Labute approximate surface area is 164 Å². The molecular formula is C17H15Cl2N5O3. The van der Waals surface area contributed by atoms with Crippen molar-refractivity contribution in [3.63, 3.8) is 0 Å². The average Bonchev–Trinajstić information content (AvgIpc) is 3.16. The Morgan fingerprint density at radius 3 is 2.74 bits per heavy atom. The number of benzene rings is 1. The molecule has 0 radical (unpaired) electrons. The van der Waals surface area contributed by atoms with Crippen molar-refractivity contribution in [3.8, 4) is 0 Å². The first-order valence-corrected chi connectivity index (χ1v) is 8.61. The molecule has 0 saturated carbocycles. The van der Waals surface area contributed by atoms with Gasteiger partial charge in [0.25, 0.3) is 5.91 Å². The van der Waals surface area contributed by atoms with E-state index in [-0.39, 0.29) is 12.1 Å². The molecule has 8 nitrogen and oxygen atoms in total. The number of nitrogens with zero attached hydrogens (tertiary/aromatic N) is 4. The molecule has 0 aliphatic heterocycles. The maximum atomic E-state index is 12.3. The molecule has 1 aromatic carbocycles. The summed E-state index contributed by atoms with van der Waals surface area (Å²) in [4.78, 5) is 23.0. The summed E-state index contributed by atoms with van der Waals surface area (Å²) >= 11 is 12.1. The number of carboxylic acids is 1. The molecule has 0 unspecified atom stereocenters. The third-order valence-electron chi connectivity index (χ3n) is 3.75.